The van der Waals surface area contributed by atoms with Crippen molar-refractivity contribution in [1.29, 1.82) is 0 Å². The van der Waals surface area contributed by atoms with Crippen LogP contribution in [-0.2, 0) is 4.79 Å². The zero-order chi connectivity index (χ0) is 23.1. The van der Waals surface area contributed by atoms with Crippen LogP contribution in [0.25, 0.3) is 22.3 Å². The van der Waals surface area contributed by atoms with Crippen LogP contribution >= 0.6 is 0 Å². The third-order valence-electron chi connectivity index (χ3n) is 7.54. The Morgan fingerprint density at radius 3 is 2.52 bits per heavy atom. The first-order chi connectivity index (χ1) is 15.9. The smallest absolute Gasteiger partial charge is 0.225 e. The van der Waals surface area contributed by atoms with E-state index in [1.165, 1.54) is 18.5 Å². The molecule has 5 rings (SSSR count). The highest BCUT2D eigenvalue weighted by Gasteiger charge is 2.30. The number of piperazine rings is 1. The van der Waals surface area contributed by atoms with E-state index in [4.69, 9.17) is 0 Å². The Kier molecular flexibility index (Phi) is 5.89. The highest BCUT2D eigenvalue weighted by atomic mass is 16.2. The van der Waals surface area contributed by atoms with Crippen molar-refractivity contribution in [3.8, 4) is 11.3 Å². The fourth-order valence-corrected chi connectivity index (χ4v) is 5.38. The van der Waals surface area contributed by atoms with E-state index in [1.54, 1.807) is 0 Å². The van der Waals surface area contributed by atoms with Gasteiger partial charge in [0.25, 0.3) is 0 Å². The standard InChI is InChI=1S/C26H36N6O/c1-17(2)32-16-22(19(4)29-32)23-15-21-24(9-10-27-25(21)28-23)30-11-13-31(14-12-30)26(33)20-7-5-18(3)6-8-20/h9-10,15-18,20H,5-8,11-14H2,1-4H3,(H,27,28)/t18-,20-. The van der Waals surface area contributed by atoms with Gasteiger partial charge in [0.1, 0.15) is 5.65 Å². The Morgan fingerprint density at radius 2 is 1.85 bits per heavy atom. The molecule has 1 saturated heterocycles. The molecule has 1 N–H and O–H groups in total. The zero-order valence-corrected chi connectivity index (χ0v) is 20.3. The lowest BCUT2D eigenvalue weighted by Crippen LogP contribution is -2.50. The summed E-state index contributed by atoms with van der Waals surface area (Å²) in [6.07, 6.45) is 8.49. The van der Waals surface area contributed by atoms with Crippen molar-refractivity contribution in [3.05, 3.63) is 30.2 Å². The number of aryl methyl sites for hydroxylation is 1. The Morgan fingerprint density at radius 1 is 1.12 bits per heavy atom. The highest BCUT2D eigenvalue weighted by molar-refractivity contribution is 5.94. The van der Waals surface area contributed by atoms with Crippen molar-refractivity contribution in [2.75, 3.05) is 31.1 Å². The molecule has 7 nitrogen and oxygen atoms in total. The number of pyridine rings is 1. The Bertz CT molecular complexity index is 1130. The van der Waals surface area contributed by atoms with E-state index >= 15 is 0 Å². The molecule has 7 heteroatoms. The molecular weight excluding hydrogens is 412 g/mol. The van der Waals surface area contributed by atoms with Gasteiger partial charge in [-0.25, -0.2) is 4.98 Å². The first kappa shape index (κ1) is 22.0. The van der Waals surface area contributed by atoms with E-state index in [0.29, 0.717) is 11.9 Å². The van der Waals surface area contributed by atoms with Crippen LogP contribution in [0.15, 0.2) is 24.5 Å². The first-order valence-corrected chi connectivity index (χ1v) is 12.5. The minimum Gasteiger partial charge on any atom is -0.367 e. The van der Waals surface area contributed by atoms with Crippen molar-refractivity contribution in [3.63, 3.8) is 0 Å². The quantitative estimate of drug-likeness (QED) is 0.623. The molecule has 1 aliphatic heterocycles. The molecule has 1 amide bonds. The van der Waals surface area contributed by atoms with Gasteiger partial charge < -0.3 is 14.8 Å². The molecule has 0 radical (unpaired) electrons. The lowest BCUT2D eigenvalue weighted by Gasteiger charge is -2.38. The topological polar surface area (TPSA) is 70.1 Å². The summed E-state index contributed by atoms with van der Waals surface area (Å²) < 4.78 is 2.01. The molecule has 2 fully saturated rings. The monoisotopic (exact) mass is 448 g/mol. The molecule has 2 aliphatic rings. The summed E-state index contributed by atoms with van der Waals surface area (Å²) in [5.74, 6) is 1.39. The van der Waals surface area contributed by atoms with Crippen LogP contribution in [0.1, 0.15) is 58.2 Å². The minimum absolute atomic E-state index is 0.239. The molecule has 33 heavy (non-hydrogen) atoms. The fraction of sp³-hybridized carbons (Fsp3) is 0.577. The van der Waals surface area contributed by atoms with Crippen LogP contribution in [-0.4, -0.2) is 56.7 Å². The van der Waals surface area contributed by atoms with Crippen LogP contribution in [0.4, 0.5) is 5.69 Å². The second-order valence-electron chi connectivity index (χ2n) is 10.2. The summed E-state index contributed by atoms with van der Waals surface area (Å²) >= 11 is 0. The van der Waals surface area contributed by atoms with Gasteiger partial charge in [-0.1, -0.05) is 6.92 Å². The molecule has 3 aromatic heterocycles. The first-order valence-electron chi connectivity index (χ1n) is 12.5. The van der Waals surface area contributed by atoms with Gasteiger partial charge in [0, 0.05) is 67.2 Å². The number of H-pyrrole nitrogens is 1. The predicted octanol–water partition coefficient (Wildman–Crippen LogP) is 4.79. The van der Waals surface area contributed by atoms with Gasteiger partial charge in [0.15, 0.2) is 0 Å². The van der Waals surface area contributed by atoms with Crippen LogP contribution in [0.2, 0.25) is 0 Å². The predicted molar refractivity (Wildman–Crippen MR) is 132 cm³/mol. The van der Waals surface area contributed by atoms with E-state index < -0.39 is 0 Å². The normalized spacial score (nSPS) is 21.8. The lowest BCUT2D eigenvalue weighted by molar-refractivity contribution is -0.137. The summed E-state index contributed by atoms with van der Waals surface area (Å²) in [6.45, 7) is 12.0. The highest BCUT2D eigenvalue weighted by Crippen LogP contribution is 2.33. The molecule has 0 unspecified atom stereocenters. The second-order valence-corrected chi connectivity index (χ2v) is 10.2. The van der Waals surface area contributed by atoms with Gasteiger partial charge in [-0.05, 0) is 64.5 Å². The number of aromatic amines is 1. The number of hydrogen-bond donors (Lipinski definition) is 1. The van der Waals surface area contributed by atoms with Crippen molar-refractivity contribution < 1.29 is 4.79 Å². The number of hydrogen-bond acceptors (Lipinski definition) is 4. The molecule has 1 aliphatic carbocycles. The minimum atomic E-state index is 0.239. The van der Waals surface area contributed by atoms with Gasteiger partial charge in [0.2, 0.25) is 5.91 Å². The Hall–Kier alpha value is -2.83. The number of carbonyl (C=O) groups excluding carboxylic acids is 1. The number of fused-ring (bicyclic) bond motifs is 1. The van der Waals surface area contributed by atoms with Gasteiger partial charge >= 0.3 is 0 Å². The molecule has 3 aromatic rings. The maximum absolute atomic E-state index is 13.0. The molecule has 0 bridgehead atoms. The average molecular weight is 449 g/mol. The third kappa shape index (κ3) is 4.25. The Labute approximate surface area is 196 Å². The largest absolute Gasteiger partial charge is 0.367 e. The van der Waals surface area contributed by atoms with Crippen LogP contribution in [0.5, 0.6) is 0 Å². The lowest BCUT2D eigenvalue weighted by atomic mass is 9.82. The SMILES string of the molecule is Cc1nn(C(C)C)cc1-c1cc2c(N3CCN(C(=O)[C@H]4CC[C@H](C)CC4)CC3)ccnc2[nH]1. The molecule has 4 heterocycles. The van der Waals surface area contributed by atoms with Crippen LogP contribution in [0.3, 0.4) is 0 Å². The fourth-order valence-electron chi connectivity index (χ4n) is 5.38. The van der Waals surface area contributed by atoms with E-state index in [0.717, 1.165) is 72.9 Å². The van der Waals surface area contributed by atoms with E-state index in [2.05, 4.69) is 70.9 Å². The second kappa shape index (κ2) is 8.84. The summed E-state index contributed by atoms with van der Waals surface area (Å²) in [4.78, 5) is 25.6. The van der Waals surface area contributed by atoms with Gasteiger partial charge in [0.05, 0.1) is 11.4 Å². The number of aromatic nitrogens is 4. The molecule has 0 aromatic carbocycles. The van der Waals surface area contributed by atoms with Crippen molar-refractivity contribution in [2.24, 2.45) is 11.8 Å². The number of nitrogens with zero attached hydrogens (tertiary/aromatic N) is 5. The number of nitrogens with one attached hydrogen (secondary N) is 1. The van der Waals surface area contributed by atoms with Crippen molar-refractivity contribution in [2.45, 2.75) is 59.4 Å². The summed E-state index contributed by atoms with van der Waals surface area (Å²) in [5.41, 5.74) is 5.27. The number of carbonyl (C=O) groups is 1. The van der Waals surface area contributed by atoms with Gasteiger partial charge in [-0.15, -0.1) is 0 Å². The average Bonchev–Trinajstić information content (AvgIpc) is 3.42. The Balaban J connectivity index is 1.32. The van der Waals surface area contributed by atoms with Crippen molar-refractivity contribution >= 4 is 22.6 Å². The van der Waals surface area contributed by atoms with Gasteiger partial charge in [-0.2, -0.15) is 5.10 Å². The number of amides is 1. The van der Waals surface area contributed by atoms with Crippen LogP contribution in [0, 0.1) is 18.8 Å². The summed E-state index contributed by atoms with van der Waals surface area (Å²) in [5, 5.41) is 5.79. The van der Waals surface area contributed by atoms with Gasteiger partial charge in [-0.3, -0.25) is 9.48 Å². The van der Waals surface area contributed by atoms with E-state index in [-0.39, 0.29) is 5.92 Å². The maximum atomic E-state index is 13.0. The number of anilines is 1. The third-order valence-corrected chi connectivity index (χ3v) is 7.54. The van der Waals surface area contributed by atoms with Crippen LogP contribution < -0.4 is 4.90 Å². The molecule has 0 spiro atoms. The zero-order valence-electron chi connectivity index (χ0n) is 20.3. The summed E-state index contributed by atoms with van der Waals surface area (Å²) in [6, 6.07) is 4.63. The molecule has 1 saturated carbocycles. The van der Waals surface area contributed by atoms with E-state index in [1.807, 2.05) is 10.9 Å². The maximum Gasteiger partial charge on any atom is 0.225 e. The summed E-state index contributed by atoms with van der Waals surface area (Å²) in [7, 11) is 0. The molecule has 0 atom stereocenters. The number of rotatable bonds is 4. The van der Waals surface area contributed by atoms with E-state index in [9.17, 15) is 4.79 Å². The van der Waals surface area contributed by atoms with Crippen molar-refractivity contribution in [1.82, 2.24) is 24.6 Å². The molecule has 176 valence electrons. The molecular formula is C26H36N6O.